The lowest BCUT2D eigenvalue weighted by Gasteiger charge is -2.31. The first-order valence-corrected chi connectivity index (χ1v) is 5.66. The number of aryl methyl sites for hydroxylation is 1. The molecule has 0 spiro atoms. The molecular weight excluding hydrogens is 194 g/mol. The fraction of sp³-hybridized carbons (Fsp3) is 0.400. The third kappa shape index (κ3) is 2.02. The number of hydrogen-bond donors (Lipinski definition) is 0. The van der Waals surface area contributed by atoms with Crippen molar-refractivity contribution in [1.29, 1.82) is 5.26 Å². The van der Waals surface area contributed by atoms with E-state index in [4.69, 9.17) is 0 Å². The van der Waals surface area contributed by atoms with Crippen molar-refractivity contribution in [3.63, 3.8) is 0 Å². The van der Waals surface area contributed by atoms with Gasteiger partial charge in [0.05, 0.1) is 11.5 Å². The van der Waals surface area contributed by atoms with Gasteiger partial charge in [-0.15, -0.1) is 6.58 Å². The van der Waals surface area contributed by atoms with Crippen LogP contribution in [0.1, 0.15) is 31.4 Å². The van der Waals surface area contributed by atoms with Crippen LogP contribution in [0.25, 0.3) is 0 Å². The maximum absolute atomic E-state index is 9.56. The number of nitriles is 1. The summed E-state index contributed by atoms with van der Waals surface area (Å²) in [6.45, 7) is 10.0. The second kappa shape index (κ2) is 4.99. The van der Waals surface area contributed by atoms with E-state index in [0.29, 0.717) is 6.42 Å². The molecule has 0 aliphatic carbocycles. The Morgan fingerprint density at radius 3 is 2.50 bits per heavy atom. The zero-order valence-electron chi connectivity index (χ0n) is 10.3. The predicted molar refractivity (Wildman–Crippen MR) is 68.1 cm³/mol. The molecule has 84 valence electrons. The summed E-state index contributed by atoms with van der Waals surface area (Å²) in [5.41, 5.74) is 1.87. The monoisotopic (exact) mass is 213 g/mol. The van der Waals surface area contributed by atoms with Crippen LogP contribution < -0.4 is 0 Å². The van der Waals surface area contributed by atoms with E-state index in [0.717, 1.165) is 5.56 Å². The van der Waals surface area contributed by atoms with Crippen LogP contribution in [0.5, 0.6) is 0 Å². The zero-order chi connectivity index (χ0) is 12.2. The Bertz CT molecular complexity index is 412. The highest BCUT2D eigenvalue weighted by Gasteiger charge is 2.35. The van der Waals surface area contributed by atoms with Crippen molar-refractivity contribution in [1.82, 2.24) is 0 Å². The molecule has 0 heterocycles. The largest absolute Gasteiger partial charge is 0.197 e. The van der Waals surface area contributed by atoms with Gasteiger partial charge in [0.1, 0.15) is 0 Å². The quantitative estimate of drug-likeness (QED) is 0.694. The Labute approximate surface area is 98.4 Å². The molecule has 0 aliphatic heterocycles. The third-order valence-corrected chi connectivity index (χ3v) is 3.28. The van der Waals surface area contributed by atoms with Crippen molar-refractivity contribution >= 4 is 0 Å². The number of allylic oxidation sites excluding steroid dienone is 1. The lowest BCUT2D eigenvalue weighted by Crippen LogP contribution is -2.30. The Balaban J connectivity index is 3.37. The second-order valence-corrected chi connectivity index (χ2v) is 4.55. The van der Waals surface area contributed by atoms with Crippen LogP contribution in [0.3, 0.4) is 0 Å². The standard InChI is InChI=1S/C15H19N/c1-5-10-15(11-16,12(2)3)14-9-7-6-8-13(14)4/h5-9,12H,1,10H2,2-4H3. The summed E-state index contributed by atoms with van der Waals surface area (Å²) >= 11 is 0. The van der Waals surface area contributed by atoms with E-state index in [9.17, 15) is 5.26 Å². The van der Waals surface area contributed by atoms with Gasteiger partial charge >= 0.3 is 0 Å². The molecule has 0 amide bonds. The maximum atomic E-state index is 9.56. The Hall–Kier alpha value is -1.55. The van der Waals surface area contributed by atoms with E-state index in [2.05, 4.69) is 45.6 Å². The van der Waals surface area contributed by atoms with E-state index >= 15 is 0 Å². The normalized spacial score (nSPS) is 14.2. The van der Waals surface area contributed by atoms with Crippen LogP contribution in [-0.4, -0.2) is 0 Å². The van der Waals surface area contributed by atoms with Crippen LogP contribution in [-0.2, 0) is 5.41 Å². The average Bonchev–Trinajstić information content (AvgIpc) is 2.26. The van der Waals surface area contributed by atoms with Gasteiger partial charge in [0, 0.05) is 0 Å². The summed E-state index contributed by atoms with van der Waals surface area (Å²) in [5.74, 6) is 0.275. The molecule has 1 aromatic carbocycles. The highest BCUT2D eigenvalue weighted by molar-refractivity contribution is 5.40. The van der Waals surface area contributed by atoms with Crippen LogP contribution in [0, 0.1) is 24.2 Å². The number of benzene rings is 1. The molecule has 0 radical (unpaired) electrons. The van der Waals surface area contributed by atoms with Crippen molar-refractivity contribution in [2.75, 3.05) is 0 Å². The van der Waals surface area contributed by atoms with Crippen molar-refractivity contribution in [2.45, 2.75) is 32.6 Å². The first-order chi connectivity index (χ1) is 7.58. The van der Waals surface area contributed by atoms with Gasteiger partial charge in [-0.1, -0.05) is 44.2 Å². The molecule has 1 nitrogen and oxygen atoms in total. The first-order valence-electron chi connectivity index (χ1n) is 5.66. The molecule has 16 heavy (non-hydrogen) atoms. The molecule has 0 bridgehead atoms. The lowest BCUT2D eigenvalue weighted by atomic mass is 9.69. The highest BCUT2D eigenvalue weighted by Crippen LogP contribution is 2.37. The summed E-state index contributed by atoms with van der Waals surface area (Å²) in [6.07, 6.45) is 2.54. The SMILES string of the molecule is C=CCC(C#N)(c1ccccc1C)C(C)C. The maximum Gasteiger partial charge on any atom is 0.0881 e. The van der Waals surface area contributed by atoms with Gasteiger partial charge in [-0.3, -0.25) is 0 Å². The molecule has 1 rings (SSSR count). The molecule has 0 aromatic heterocycles. The van der Waals surface area contributed by atoms with Gasteiger partial charge in [-0.2, -0.15) is 5.26 Å². The summed E-state index contributed by atoms with van der Waals surface area (Å²) in [6, 6.07) is 10.6. The van der Waals surface area contributed by atoms with Gasteiger partial charge in [-0.05, 0) is 30.4 Å². The molecule has 1 heteroatoms. The van der Waals surface area contributed by atoms with E-state index in [1.165, 1.54) is 5.56 Å². The van der Waals surface area contributed by atoms with Crippen LogP contribution in [0.15, 0.2) is 36.9 Å². The third-order valence-electron chi connectivity index (χ3n) is 3.28. The van der Waals surface area contributed by atoms with E-state index in [-0.39, 0.29) is 5.92 Å². The highest BCUT2D eigenvalue weighted by atomic mass is 14.4. The van der Waals surface area contributed by atoms with Crippen molar-refractivity contribution in [2.24, 2.45) is 5.92 Å². The van der Waals surface area contributed by atoms with Crippen LogP contribution >= 0.6 is 0 Å². The Morgan fingerprint density at radius 1 is 1.44 bits per heavy atom. The Morgan fingerprint density at radius 2 is 2.06 bits per heavy atom. The van der Waals surface area contributed by atoms with Gasteiger partial charge in [0.2, 0.25) is 0 Å². The predicted octanol–water partition coefficient (Wildman–Crippen LogP) is 3.99. The molecule has 0 aliphatic rings. The molecule has 1 atom stereocenters. The fourth-order valence-electron chi connectivity index (χ4n) is 2.19. The van der Waals surface area contributed by atoms with Gasteiger partial charge < -0.3 is 0 Å². The zero-order valence-corrected chi connectivity index (χ0v) is 10.3. The second-order valence-electron chi connectivity index (χ2n) is 4.55. The number of hydrogen-bond acceptors (Lipinski definition) is 1. The smallest absolute Gasteiger partial charge is 0.0881 e. The topological polar surface area (TPSA) is 23.8 Å². The molecule has 0 saturated heterocycles. The van der Waals surface area contributed by atoms with E-state index in [1.807, 2.05) is 18.2 Å². The minimum absolute atomic E-state index is 0.275. The molecule has 0 saturated carbocycles. The van der Waals surface area contributed by atoms with Crippen LogP contribution in [0.4, 0.5) is 0 Å². The van der Waals surface area contributed by atoms with Gasteiger partial charge in [-0.25, -0.2) is 0 Å². The molecular formula is C15H19N. The fourth-order valence-corrected chi connectivity index (χ4v) is 2.19. The summed E-state index contributed by atoms with van der Waals surface area (Å²) in [5, 5.41) is 9.56. The molecule has 1 aromatic rings. The number of nitrogens with zero attached hydrogens (tertiary/aromatic N) is 1. The van der Waals surface area contributed by atoms with Crippen LogP contribution in [0.2, 0.25) is 0 Å². The van der Waals surface area contributed by atoms with Crippen molar-refractivity contribution in [3.05, 3.63) is 48.0 Å². The van der Waals surface area contributed by atoms with E-state index in [1.54, 1.807) is 0 Å². The average molecular weight is 213 g/mol. The minimum Gasteiger partial charge on any atom is -0.197 e. The first kappa shape index (κ1) is 12.5. The van der Waals surface area contributed by atoms with E-state index < -0.39 is 5.41 Å². The summed E-state index contributed by atoms with van der Waals surface area (Å²) < 4.78 is 0. The Kier molecular flexibility index (Phi) is 3.90. The summed E-state index contributed by atoms with van der Waals surface area (Å²) in [7, 11) is 0. The van der Waals surface area contributed by atoms with Crippen molar-refractivity contribution < 1.29 is 0 Å². The van der Waals surface area contributed by atoms with Crippen molar-refractivity contribution in [3.8, 4) is 6.07 Å². The number of rotatable bonds is 4. The summed E-state index contributed by atoms with van der Waals surface area (Å²) in [4.78, 5) is 0. The minimum atomic E-state index is -0.437. The lowest BCUT2D eigenvalue weighted by molar-refractivity contribution is 0.397. The molecule has 0 N–H and O–H groups in total. The van der Waals surface area contributed by atoms with Gasteiger partial charge in [0.25, 0.3) is 0 Å². The molecule has 0 fully saturated rings. The molecule has 1 unspecified atom stereocenters. The van der Waals surface area contributed by atoms with Gasteiger partial charge in [0.15, 0.2) is 0 Å².